The summed E-state index contributed by atoms with van der Waals surface area (Å²) in [6.07, 6.45) is 2.55. The maximum Gasteiger partial charge on any atom is 0.161 e. The molecule has 0 amide bonds. The first kappa shape index (κ1) is 9.02. The number of carbonyl (C=O) groups excluding carboxylic acids is 1. The third-order valence-electron chi connectivity index (χ3n) is 1.82. The molecule has 0 bridgehead atoms. The molecule has 3 nitrogen and oxygen atoms in total. The first-order chi connectivity index (χ1) is 6.81. The van der Waals surface area contributed by atoms with Gasteiger partial charge in [-0.1, -0.05) is 6.07 Å². The Labute approximate surface area is 85.5 Å². The molecule has 0 saturated carbocycles. The number of thiazole rings is 1. The number of carbonyl (C=O) groups is 1. The molecule has 0 aromatic carbocycles. The van der Waals surface area contributed by atoms with E-state index in [2.05, 4.69) is 9.97 Å². The minimum absolute atomic E-state index is 0.672. The second-order valence-corrected chi connectivity index (χ2v) is 3.83. The van der Waals surface area contributed by atoms with E-state index >= 15 is 0 Å². The summed E-state index contributed by atoms with van der Waals surface area (Å²) in [4.78, 5) is 19.7. The summed E-state index contributed by atoms with van der Waals surface area (Å²) >= 11 is 1.37. The summed E-state index contributed by atoms with van der Waals surface area (Å²) in [7, 11) is 0. The molecule has 0 radical (unpaired) electrons. The van der Waals surface area contributed by atoms with Gasteiger partial charge < -0.3 is 0 Å². The first-order valence-corrected chi connectivity index (χ1v) is 4.97. The summed E-state index contributed by atoms with van der Waals surface area (Å²) < 4.78 is 0. The monoisotopic (exact) mass is 204 g/mol. The Balaban J connectivity index is 2.48. The summed E-state index contributed by atoms with van der Waals surface area (Å²) in [6.45, 7) is 1.83. The first-order valence-electron chi connectivity index (χ1n) is 4.15. The van der Waals surface area contributed by atoms with E-state index in [4.69, 9.17) is 0 Å². The molecular formula is C10H8N2OS. The summed E-state index contributed by atoms with van der Waals surface area (Å²) in [6, 6.07) is 5.64. The van der Waals surface area contributed by atoms with Crippen LogP contribution in [0.3, 0.4) is 0 Å². The molecular weight excluding hydrogens is 196 g/mol. The molecule has 0 saturated heterocycles. The number of aryl methyl sites for hydroxylation is 1. The summed E-state index contributed by atoms with van der Waals surface area (Å²) in [5, 5.41) is 0.796. The van der Waals surface area contributed by atoms with Gasteiger partial charge in [0.05, 0.1) is 16.3 Å². The Hall–Kier alpha value is -1.55. The maximum absolute atomic E-state index is 10.6. The Bertz CT molecular complexity index is 450. The fourth-order valence-electron chi connectivity index (χ4n) is 1.12. The maximum atomic E-state index is 10.6. The van der Waals surface area contributed by atoms with Gasteiger partial charge in [0.25, 0.3) is 0 Å². The van der Waals surface area contributed by atoms with E-state index in [1.807, 2.05) is 25.1 Å². The second kappa shape index (κ2) is 3.67. The fourth-order valence-corrected chi connectivity index (χ4v) is 1.97. The highest BCUT2D eigenvalue weighted by Gasteiger charge is 2.08. The standard InChI is InChI=1S/C10H8N2OS/c1-7-9(6-13)14-10(12-7)8-4-2-3-5-11-8/h2-6H,1H3. The third kappa shape index (κ3) is 1.56. The van der Waals surface area contributed by atoms with Gasteiger partial charge in [-0.15, -0.1) is 11.3 Å². The third-order valence-corrected chi connectivity index (χ3v) is 2.93. The predicted octanol–water partition coefficient (Wildman–Crippen LogP) is 2.33. The largest absolute Gasteiger partial charge is 0.297 e. The molecule has 0 N–H and O–H groups in total. The fraction of sp³-hybridized carbons (Fsp3) is 0.100. The van der Waals surface area contributed by atoms with Crippen molar-refractivity contribution in [1.82, 2.24) is 9.97 Å². The van der Waals surface area contributed by atoms with Gasteiger partial charge in [0.15, 0.2) is 6.29 Å². The zero-order valence-corrected chi connectivity index (χ0v) is 8.41. The van der Waals surface area contributed by atoms with E-state index in [1.54, 1.807) is 6.20 Å². The minimum atomic E-state index is 0.672. The van der Waals surface area contributed by atoms with Gasteiger partial charge in [-0.05, 0) is 19.1 Å². The molecule has 2 aromatic rings. The zero-order chi connectivity index (χ0) is 9.97. The summed E-state index contributed by atoms with van der Waals surface area (Å²) in [5.41, 5.74) is 1.58. The van der Waals surface area contributed by atoms with E-state index in [0.717, 1.165) is 22.7 Å². The second-order valence-electron chi connectivity index (χ2n) is 2.80. The predicted molar refractivity (Wildman–Crippen MR) is 55.5 cm³/mol. The van der Waals surface area contributed by atoms with E-state index in [9.17, 15) is 4.79 Å². The molecule has 0 aliphatic carbocycles. The molecule has 0 aliphatic heterocycles. The van der Waals surface area contributed by atoms with E-state index < -0.39 is 0 Å². The molecule has 14 heavy (non-hydrogen) atoms. The van der Waals surface area contributed by atoms with Gasteiger partial charge in [-0.25, -0.2) is 4.98 Å². The van der Waals surface area contributed by atoms with Gasteiger partial charge in [-0.3, -0.25) is 9.78 Å². The Morgan fingerprint density at radius 3 is 2.86 bits per heavy atom. The van der Waals surface area contributed by atoms with Crippen molar-refractivity contribution >= 4 is 17.6 Å². The lowest BCUT2D eigenvalue weighted by Crippen LogP contribution is -1.80. The lowest BCUT2D eigenvalue weighted by molar-refractivity contribution is 0.112. The highest BCUT2D eigenvalue weighted by Crippen LogP contribution is 2.24. The number of aldehydes is 1. The van der Waals surface area contributed by atoms with Gasteiger partial charge >= 0.3 is 0 Å². The van der Waals surface area contributed by atoms with Crippen molar-refractivity contribution in [2.45, 2.75) is 6.92 Å². The van der Waals surface area contributed by atoms with Gasteiger partial charge in [0.1, 0.15) is 5.01 Å². The molecule has 0 spiro atoms. The lowest BCUT2D eigenvalue weighted by atomic mass is 10.3. The van der Waals surface area contributed by atoms with Crippen LogP contribution in [0.1, 0.15) is 15.4 Å². The molecule has 0 atom stereocenters. The SMILES string of the molecule is Cc1nc(-c2ccccn2)sc1C=O. The summed E-state index contributed by atoms with van der Waals surface area (Å²) in [5.74, 6) is 0. The molecule has 4 heteroatoms. The van der Waals surface area contributed by atoms with Crippen molar-refractivity contribution in [3.05, 3.63) is 35.0 Å². The van der Waals surface area contributed by atoms with Crippen LogP contribution < -0.4 is 0 Å². The lowest BCUT2D eigenvalue weighted by Gasteiger charge is -1.91. The Kier molecular flexibility index (Phi) is 2.37. The van der Waals surface area contributed by atoms with Crippen LogP contribution in [0, 0.1) is 6.92 Å². The van der Waals surface area contributed by atoms with Crippen molar-refractivity contribution in [3.8, 4) is 10.7 Å². The Morgan fingerprint density at radius 1 is 1.43 bits per heavy atom. The number of aromatic nitrogens is 2. The van der Waals surface area contributed by atoms with Gasteiger partial charge in [-0.2, -0.15) is 0 Å². The molecule has 0 unspecified atom stereocenters. The smallest absolute Gasteiger partial charge is 0.161 e. The van der Waals surface area contributed by atoms with Crippen molar-refractivity contribution in [3.63, 3.8) is 0 Å². The molecule has 70 valence electrons. The highest BCUT2D eigenvalue weighted by atomic mass is 32.1. The van der Waals surface area contributed by atoms with Crippen LogP contribution in [0.4, 0.5) is 0 Å². The number of nitrogens with zero attached hydrogens (tertiary/aromatic N) is 2. The normalized spacial score (nSPS) is 10.1. The minimum Gasteiger partial charge on any atom is -0.297 e. The molecule has 0 fully saturated rings. The van der Waals surface area contributed by atoms with Crippen molar-refractivity contribution in [1.29, 1.82) is 0 Å². The topological polar surface area (TPSA) is 42.9 Å². The number of pyridine rings is 1. The van der Waals surface area contributed by atoms with Crippen molar-refractivity contribution in [2.75, 3.05) is 0 Å². The van der Waals surface area contributed by atoms with E-state index in [-0.39, 0.29) is 0 Å². The van der Waals surface area contributed by atoms with E-state index in [0.29, 0.717) is 4.88 Å². The van der Waals surface area contributed by atoms with Gasteiger partial charge in [0, 0.05) is 6.20 Å². The number of hydrogen-bond donors (Lipinski definition) is 0. The average Bonchev–Trinajstić information content (AvgIpc) is 2.61. The van der Waals surface area contributed by atoms with Crippen molar-refractivity contribution in [2.24, 2.45) is 0 Å². The van der Waals surface area contributed by atoms with Crippen LogP contribution in [0.2, 0.25) is 0 Å². The van der Waals surface area contributed by atoms with E-state index in [1.165, 1.54) is 11.3 Å². The molecule has 2 heterocycles. The Morgan fingerprint density at radius 2 is 2.29 bits per heavy atom. The van der Waals surface area contributed by atoms with Crippen LogP contribution in [0.5, 0.6) is 0 Å². The van der Waals surface area contributed by atoms with Crippen LogP contribution in [-0.2, 0) is 0 Å². The molecule has 2 rings (SSSR count). The van der Waals surface area contributed by atoms with Crippen molar-refractivity contribution < 1.29 is 4.79 Å². The van der Waals surface area contributed by atoms with Crippen LogP contribution >= 0.6 is 11.3 Å². The van der Waals surface area contributed by atoms with Crippen LogP contribution in [0.15, 0.2) is 24.4 Å². The zero-order valence-electron chi connectivity index (χ0n) is 7.60. The van der Waals surface area contributed by atoms with Gasteiger partial charge in [0.2, 0.25) is 0 Å². The van der Waals surface area contributed by atoms with Crippen LogP contribution in [-0.4, -0.2) is 16.3 Å². The quantitative estimate of drug-likeness (QED) is 0.705. The molecule has 2 aromatic heterocycles. The highest BCUT2D eigenvalue weighted by molar-refractivity contribution is 7.16. The molecule has 0 aliphatic rings. The number of hydrogen-bond acceptors (Lipinski definition) is 4. The average molecular weight is 204 g/mol. The number of rotatable bonds is 2. The van der Waals surface area contributed by atoms with Crippen LogP contribution in [0.25, 0.3) is 10.7 Å².